The Morgan fingerprint density at radius 3 is 2.15 bits per heavy atom. The van der Waals surface area contributed by atoms with Crippen molar-refractivity contribution in [1.82, 2.24) is 0 Å². The first-order valence-electron chi connectivity index (χ1n) is 8.88. The SMILES string of the molecule is CCCCCCOc1ccc(C(=O)Oc2ccc(/C(C)=N/O)cc2)cc1. The molecule has 26 heavy (non-hydrogen) atoms. The lowest BCUT2D eigenvalue weighted by Gasteiger charge is -2.08. The third-order valence-electron chi connectivity index (χ3n) is 3.99. The molecule has 5 heteroatoms. The first-order valence-corrected chi connectivity index (χ1v) is 8.88. The van der Waals surface area contributed by atoms with Crippen LogP contribution in [0.2, 0.25) is 0 Å². The molecule has 0 heterocycles. The number of oxime groups is 1. The minimum Gasteiger partial charge on any atom is -0.494 e. The van der Waals surface area contributed by atoms with Crippen LogP contribution in [0.5, 0.6) is 11.5 Å². The number of nitrogens with zero attached hydrogens (tertiary/aromatic N) is 1. The quantitative estimate of drug-likeness (QED) is 0.170. The molecule has 0 aliphatic carbocycles. The molecule has 0 atom stereocenters. The summed E-state index contributed by atoms with van der Waals surface area (Å²) in [6.45, 7) is 4.55. The largest absolute Gasteiger partial charge is 0.494 e. The van der Waals surface area contributed by atoms with Gasteiger partial charge in [0.1, 0.15) is 11.5 Å². The highest BCUT2D eigenvalue weighted by molar-refractivity contribution is 5.98. The number of rotatable bonds is 9. The Morgan fingerprint density at radius 1 is 0.923 bits per heavy atom. The Labute approximate surface area is 154 Å². The molecule has 1 N–H and O–H groups in total. The van der Waals surface area contributed by atoms with Gasteiger partial charge >= 0.3 is 5.97 Å². The lowest BCUT2D eigenvalue weighted by Crippen LogP contribution is -2.08. The van der Waals surface area contributed by atoms with Gasteiger partial charge in [-0.1, -0.05) is 31.3 Å². The van der Waals surface area contributed by atoms with Gasteiger partial charge in [0.15, 0.2) is 0 Å². The average molecular weight is 355 g/mol. The van der Waals surface area contributed by atoms with Crippen molar-refractivity contribution in [3.63, 3.8) is 0 Å². The number of unbranched alkanes of at least 4 members (excludes halogenated alkanes) is 3. The fourth-order valence-corrected chi connectivity index (χ4v) is 2.39. The maximum absolute atomic E-state index is 12.2. The Kier molecular flexibility index (Phi) is 7.68. The monoisotopic (exact) mass is 355 g/mol. The van der Waals surface area contributed by atoms with Gasteiger partial charge in [-0.15, -0.1) is 0 Å². The first-order chi connectivity index (χ1) is 12.6. The van der Waals surface area contributed by atoms with E-state index in [0.29, 0.717) is 23.6 Å². The van der Waals surface area contributed by atoms with Gasteiger partial charge in [-0.05, 0) is 67.4 Å². The molecule has 0 radical (unpaired) electrons. The van der Waals surface area contributed by atoms with Crippen LogP contribution in [0.15, 0.2) is 53.7 Å². The van der Waals surface area contributed by atoms with Crippen LogP contribution in [-0.2, 0) is 0 Å². The molecule has 0 aliphatic rings. The van der Waals surface area contributed by atoms with E-state index < -0.39 is 5.97 Å². The highest BCUT2D eigenvalue weighted by Gasteiger charge is 2.09. The molecule has 138 valence electrons. The van der Waals surface area contributed by atoms with Crippen molar-refractivity contribution in [3.05, 3.63) is 59.7 Å². The van der Waals surface area contributed by atoms with E-state index in [4.69, 9.17) is 14.7 Å². The van der Waals surface area contributed by atoms with Crippen molar-refractivity contribution in [1.29, 1.82) is 0 Å². The van der Waals surface area contributed by atoms with Crippen LogP contribution in [0.4, 0.5) is 0 Å². The summed E-state index contributed by atoms with van der Waals surface area (Å²) in [5.74, 6) is 0.752. The van der Waals surface area contributed by atoms with Crippen LogP contribution < -0.4 is 9.47 Å². The fraction of sp³-hybridized carbons (Fsp3) is 0.333. The summed E-state index contributed by atoms with van der Waals surface area (Å²) in [5.41, 5.74) is 1.71. The third-order valence-corrected chi connectivity index (χ3v) is 3.99. The number of carbonyl (C=O) groups excluding carboxylic acids is 1. The van der Waals surface area contributed by atoms with Crippen LogP contribution in [0.25, 0.3) is 0 Å². The summed E-state index contributed by atoms with van der Waals surface area (Å²) >= 11 is 0. The smallest absolute Gasteiger partial charge is 0.343 e. The summed E-state index contributed by atoms with van der Waals surface area (Å²) in [4.78, 5) is 12.2. The minimum atomic E-state index is -0.431. The topological polar surface area (TPSA) is 68.1 Å². The van der Waals surface area contributed by atoms with Crippen LogP contribution in [0.3, 0.4) is 0 Å². The zero-order valence-corrected chi connectivity index (χ0v) is 15.3. The number of benzene rings is 2. The molecule has 5 nitrogen and oxygen atoms in total. The highest BCUT2D eigenvalue weighted by atomic mass is 16.5. The van der Waals surface area contributed by atoms with Crippen molar-refractivity contribution < 1.29 is 19.5 Å². The van der Waals surface area contributed by atoms with Gasteiger partial charge in [-0.25, -0.2) is 4.79 Å². The van der Waals surface area contributed by atoms with Crippen LogP contribution in [0.1, 0.15) is 55.5 Å². The Balaban J connectivity index is 1.87. The van der Waals surface area contributed by atoms with E-state index in [-0.39, 0.29) is 0 Å². The number of hydrogen-bond acceptors (Lipinski definition) is 5. The van der Waals surface area contributed by atoms with Gasteiger partial charge in [-0.3, -0.25) is 0 Å². The van der Waals surface area contributed by atoms with E-state index in [2.05, 4.69) is 12.1 Å². The van der Waals surface area contributed by atoms with Gasteiger partial charge in [0.2, 0.25) is 0 Å². The van der Waals surface area contributed by atoms with E-state index >= 15 is 0 Å². The Morgan fingerprint density at radius 2 is 1.54 bits per heavy atom. The number of ether oxygens (including phenoxy) is 2. The lowest BCUT2D eigenvalue weighted by atomic mass is 10.1. The molecule has 0 fully saturated rings. The molecular formula is C21H25NO4. The molecule has 2 aromatic rings. The predicted octanol–water partition coefficient (Wildman–Crippen LogP) is 5.06. The highest BCUT2D eigenvalue weighted by Crippen LogP contribution is 2.17. The van der Waals surface area contributed by atoms with Crippen LogP contribution in [-0.4, -0.2) is 23.5 Å². The standard InChI is InChI=1S/C21H25NO4/c1-3-4-5-6-15-25-19-11-9-18(10-12-19)21(23)26-20-13-7-17(8-14-20)16(2)22-24/h7-14,24H,3-6,15H2,1-2H3/b22-16+. The summed E-state index contributed by atoms with van der Waals surface area (Å²) < 4.78 is 11.0. The summed E-state index contributed by atoms with van der Waals surface area (Å²) in [7, 11) is 0. The zero-order chi connectivity index (χ0) is 18.8. The summed E-state index contributed by atoms with van der Waals surface area (Å²) in [5, 5.41) is 11.9. The second kappa shape index (κ2) is 10.2. The van der Waals surface area contributed by atoms with E-state index in [1.54, 1.807) is 55.5 Å². The second-order valence-corrected chi connectivity index (χ2v) is 6.03. The maximum Gasteiger partial charge on any atom is 0.343 e. The van der Waals surface area contributed by atoms with Crippen LogP contribution in [0, 0.1) is 0 Å². The van der Waals surface area contributed by atoms with Gasteiger partial charge in [0.05, 0.1) is 17.9 Å². The predicted molar refractivity (Wildman–Crippen MR) is 101 cm³/mol. The molecule has 0 aliphatic heterocycles. The number of carbonyl (C=O) groups is 1. The average Bonchev–Trinajstić information content (AvgIpc) is 2.68. The Hall–Kier alpha value is -2.82. The van der Waals surface area contributed by atoms with E-state index in [1.165, 1.54) is 19.3 Å². The van der Waals surface area contributed by atoms with Gasteiger partial charge in [0.25, 0.3) is 0 Å². The molecule has 0 amide bonds. The second-order valence-electron chi connectivity index (χ2n) is 6.03. The van der Waals surface area contributed by atoms with Crippen molar-refractivity contribution in [3.8, 4) is 11.5 Å². The molecule has 0 bridgehead atoms. The molecular weight excluding hydrogens is 330 g/mol. The van der Waals surface area contributed by atoms with Crippen molar-refractivity contribution in [2.75, 3.05) is 6.61 Å². The van der Waals surface area contributed by atoms with Gasteiger partial charge in [-0.2, -0.15) is 0 Å². The fourth-order valence-electron chi connectivity index (χ4n) is 2.39. The van der Waals surface area contributed by atoms with Gasteiger partial charge in [0, 0.05) is 0 Å². The van der Waals surface area contributed by atoms with Gasteiger partial charge < -0.3 is 14.7 Å². The number of esters is 1. The zero-order valence-electron chi connectivity index (χ0n) is 15.3. The van der Waals surface area contributed by atoms with E-state index in [0.717, 1.165) is 17.7 Å². The molecule has 2 rings (SSSR count). The van der Waals surface area contributed by atoms with Crippen molar-refractivity contribution >= 4 is 11.7 Å². The Bertz CT molecular complexity index is 721. The normalized spacial score (nSPS) is 11.2. The van der Waals surface area contributed by atoms with E-state index in [9.17, 15) is 4.79 Å². The first kappa shape index (κ1) is 19.5. The molecule has 0 saturated carbocycles. The van der Waals surface area contributed by atoms with Crippen LogP contribution >= 0.6 is 0 Å². The molecule has 0 saturated heterocycles. The number of hydrogen-bond donors (Lipinski definition) is 1. The minimum absolute atomic E-state index is 0.431. The summed E-state index contributed by atoms with van der Waals surface area (Å²) in [6.07, 6.45) is 4.63. The van der Waals surface area contributed by atoms with Crippen molar-refractivity contribution in [2.45, 2.75) is 39.5 Å². The lowest BCUT2D eigenvalue weighted by molar-refractivity contribution is 0.0734. The molecule has 0 unspecified atom stereocenters. The molecule has 0 spiro atoms. The van der Waals surface area contributed by atoms with E-state index in [1.807, 2.05) is 0 Å². The molecule has 0 aromatic heterocycles. The maximum atomic E-state index is 12.2. The summed E-state index contributed by atoms with van der Waals surface area (Å²) in [6, 6.07) is 13.7. The van der Waals surface area contributed by atoms with Crippen molar-refractivity contribution in [2.24, 2.45) is 5.16 Å². The third kappa shape index (κ3) is 5.92. The molecule has 2 aromatic carbocycles.